The van der Waals surface area contributed by atoms with Crippen LogP contribution >= 0.6 is 0 Å². The van der Waals surface area contributed by atoms with Crippen molar-refractivity contribution in [2.24, 2.45) is 0 Å². The number of rotatable bonds is 7. The number of ether oxygens (including phenoxy) is 1. The Hall–Kier alpha value is -3.16. The Labute approximate surface area is 228 Å². The van der Waals surface area contributed by atoms with Gasteiger partial charge in [-0.25, -0.2) is 13.3 Å². The van der Waals surface area contributed by atoms with Crippen molar-refractivity contribution in [3.05, 3.63) is 95.6 Å². The van der Waals surface area contributed by atoms with E-state index in [-0.39, 0.29) is 11.6 Å². The van der Waals surface area contributed by atoms with E-state index in [1.54, 1.807) is 11.4 Å². The van der Waals surface area contributed by atoms with Gasteiger partial charge in [0.1, 0.15) is 5.75 Å². The van der Waals surface area contributed by atoms with Gasteiger partial charge in [0, 0.05) is 18.6 Å². The van der Waals surface area contributed by atoms with Crippen molar-refractivity contribution in [2.45, 2.75) is 55.1 Å². The molecule has 38 heavy (non-hydrogen) atoms. The van der Waals surface area contributed by atoms with Gasteiger partial charge in [0.15, 0.2) is 11.0 Å². The molecule has 200 valence electrons. The standard InChI is InChI=1S/C31H37N3O3S/c1-24-10-16-28(17-11-24)38(36)34-29(35)33(22-25-12-14-27(37-4)15-13-25)23-30(34)18-20-31(21-19-30,32(2)3)26-8-6-5-7-9-26/h5-17H,18-23H2,1-4H3. The molecular weight excluding hydrogens is 494 g/mol. The average Bonchev–Trinajstić information content (AvgIpc) is 3.20. The SMILES string of the molecule is COc1ccc(CN2CC3(CCC(c4ccccc4)(N(C)C)CC3)N(S(=O)c3ccc(C)cc3)C2=O)cc1. The van der Waals surface area contributed by atoms with Crippen LogP contribution in [-0.4, -0.2) is 57.6 Å². The molecule has 2 fully saturated rings. The number of benzene rings is 3. The fraction of sp³-hybridized carbons (Fsp3) is 0.387. The third-order valence-electron chi connectivity index (χ3n) is 8.46. The molecule has 1 saturated carbocycles. The van der Waals surface area contributed by atoms with Gasteiger partial charge in [-0.2, -0.15) is 0 Å². The fourth-order valence-electron chi connectivity index (χ4n) is 6.13. The summed E-state index contributed by atoms with van der Waals surface area (Å²) in [6.45, 7) is 3.05. The lowest BCUT2D eigenvalue weighted by molar-refractivity contribution is 0.0457. The number of nitrogens with zero attached hydrogens (tertiary/aromatic N) is 3. The quantitative estimate of drug-likeness (QED) is 0.391. The number of carbonyl (C=O) groups excluding carboxylic acids is 1. The van der Waals surface area contributed by atoms with Crippen LogP contribution in [0.2, 0.25) is 0 Å². The number of amides is 2. The van der Waals surface area contributed by atoms with Crippen molar-refractivity contribution < 1.29 is 13.7 Å². The van der Waals surface area contributed by atoms with E-state index < -0.39 is 16.5 Å². The van der Waals surface area contributed by atoms with Crippen LogP contribution in [0.3, 0.4) is 0 Å². The molecule has 3 aromatic carbocycles. The first-order valence-corrected chi connectivity index (χ1v) is 14.3. The minimum atomic E-state index is -1.59. The topological polar surface area (TPSA) is 53.1 Å². The van der Waals surface area contributed by atoms with Gasteiger partial charge in [-0.05, 0) is 82.1 Å². The molecule has 7 heteroatoms. The van der Waals surface area contributed by atoms with Crippen molar-refractivity contribution in [2.75, 3.05) is 27.7 Å². The Morgan fingerprint density at radius 1 is 0.895 bits per heavy atom. The smallest absolute Gasteiger partial charge is 0.333 e. The van der Waals surface area contributed by atoms with Crippen molar-refractivity contribution in [3.8, 4) is 5.75 Å². The lowest BCUT2D eigenvalue weighted by Crippen LogP contribution is -2.55. The van der Waals surface area contributed by atoms with Crippen LogP contribution in [0.15, 0.2) is 83.8 Å². The number of urea groups is 1. The van der Waals surface area contributed by atoms with Crippen LogP contribution in [0.25, 0.3) is 0 Å². The summed E-state index contributed by atoms with van der Waals surface area (Å²) in [4.78, 5) is 18.8. The van der Waals surface area contributed by atoms with Gasteiger partial charge in [-0.3, -0.25) is 4.90 Å². The minimum Gasteiger partial charge on any atom is -0.497 e. The molecule has 6 nitrogen and oxygen atoms in total. The molecule has 0 radical (unpaired) electrons. The van der Waals surface area contributed by atoms with E-state index >= 15 is 0 Å². The third kappa shape index (κ3) is 4.74. The predicted octanol–water partition coefficient (Wildman–Crippen LogP) is 5.73. The van der Waals surface area contributed by atoms with Crippen molar-refractivity contribution >= 4 is 17.0 Å². The highest BCUT2D eigenvalue weighted by molar-refractivity contribution is 7.83. The molecule has 1 spiro atoms. The zero-order valence-corrected chi connectivity index (χ0v) is 23.5. The third-order valence-corrected chi connectivity index (χ3v) is 10.0. The summed E-state index contributed by atoms with van der Waals surface area (Å²) in [6.07, 6.45) is 3.33. The van der Waals surface area contributed by atoms with Gasteiger partial charge in [0.05, 0.1) is 17.5 Å². The number of methoxy groups -OCH3 is 1. The van der Waals surface area contributed by atoms with Gasteiger partial charge < -0.3 is 9.64 Å². The predicted molar refractivity (Wildman–Crippen MR) is 151 cm³/mol. The first-order valence-electron chi connectivity index (χ1n) is 13.2. The average molecular weight is 532 g/mol. The molecule has 1 heterocycles. The summed E-state index contributed by atoms with van der Waals surface area (Å²) in [5, 5.41) is 0. The molecule has 1 saturated heterocycles. The largest absolute Gasteiger partial charge is 0.497 e. The summed E-state index contributed by atoms with van der Waals surface area (Å²) in [7, 11) is 4.34. The van der Waals surface area contributed by atoms with Crippen molar-refractivity contribution in [1.82, 2.24) is 14.1 Å². The van der Waals surface area contributed by atoms with Crippen molar-refractivity contribution in [1.29, 1.82) is 0 Å². The Morgan fingerprint density at radius 3 is 2.11 bits per heavy atom. The van der Waals surface area contributed by atoms with Gasteiger partial charge >= 0.3 is 6.03 Å². The zero-order valence-electron chi connectivity index (χ0n) is 22.7. The Bertz CT molecular complexity index is 1280. The lowest BCUT2D eigenvalue weighted by atomic mass is 9.69. The molecule has 2 amide bonds. The molecule has 1 atom stereocenters. The number of carbonyl (C=O) groups is 1. The van der Waals surface area contributed by atoms with Gasteiger partial charge in [-0.15, -0.1) is 0 Å². The van der Waals surface area contributed by atoms with Gasteiger partial charge in [0.2, 0.25) is 0 Å². The first-order chi connectivity index (χ1) is 18.3. The first kappa shape index (κ1) is 26.4. The summed E-state index contributed by atoms with van der Waals surface area (Å²) < 4.78 is 21.1. The monoisotopic (exact) mass is 531 g/mol. The van der Waals surface area contributed by atoms with E-state index in [0.717, 1.165) is 42.6 Å². The second-order valence-electron chi connectivity index (χ2n) is 10.9. The second kappa shape index (κ2) is 10.5. The Kier molecular flexibility index (Phi) is 7.34. The number of hydrogen-bond donors (Lipinski definition) is 0. The Balaban J connectivity index is 1.47. The molecule has 1 aliphatic heterocycles. The van der Waals surface area contributed by atoms with E-state index in [0.29, 0.717) is 18.0 Å². The van der Waals surface area contributed by atoms with Crippen molar-refractivity contribution in [3.63, 3.8) is 0 Å². The molecule has 0 N–H and O–H groups in total. The lowest BCUT2D eigenvalue weighted by Gasteiger charge is -2.50. The second-order valence-corrected chi connectivity index (χ2v) is 12.2. The van der Waals surface area contributed by atoms with E-state index in [2.05, 4.69) is 49.3 Å². The fourth-order valence-corrected chi connectivity index (χ4v) is 7.56. The van der Waals surface area contributed by atoms with Gasteiger partial charge in [0.25, 0.3) is 0 Å². The molecule has 0 bridgehead atoms. The van der Waals surface area contributed by atoms with E-state index in [4.69, 9.17) is 4.74 Å². The number of hydrogen-bond acceptors (Lipinski definition) is 4. The zero-order chi connectivity index (χ0) is 26.9. The number of aryl methyl sites for hydroxylation is 1. The minimum absolute atomic E-state index is 0.115. The molecule has 5 rings (SSSR count). The van der Waals surface area contributed by atoms with Gasteiger partial charge in [-0.1, -0.05) is 60.2 Å². The van der Waals surface area contributed by atoms with E-state index in [1.807, 2.05) is 60.4 Å². The van der Waals surface area contributed by atoms with Crippen LogP contribution in [0.1, 0.15) is 42.4 Å². The Morgan fingerprint density at radius 2 is 1.53 bits per heavy atom. The van der Waals surface area contributed by atoms with E-state index in [1.165, 1.54) is 5.56 Å². The molecule has 2 aliphatic rings. The highest BCUT2D eigenvalue weighted by Crippen LogP contribution is 2.50. The van der Waals surface area contributed by atoms with Crippen LogP contribution in [0.4, 0.5) is 4.79 Å². The highest BCUT2D eigenvalue weighted by atomic mass is 32.2. The van der Waals surface area contributed by atoms with Crippen LogP contribution < -0.4 is 4.74 Å². The van der Waals surface area contributed by atoms with Crippen LogP contribution in [0, 0.1) is 6.92 Å². The summed E-state index contributed by atoms with van der Waals surface area (Å²) in [6, 6.07) is 26.0. The van der Waals surface area contributed by atoms with E-state index in [9.17, 15) is 9.00 Å². The maximum absolute atomic E-state index is 14.1. The highest BCUT2D eigenvalue weighted by Gasteiger charge is 2.56. The molecular formula is C31H37N3O3S. The van der Waals surface area contributed by atoms with Crippen LogP contribution in [0.5, 0.6) is 5.75 Å². The summed E-state index contributed by atoms with van der Waals surface area (Å²) in [5.41, 5.74) is 2.82. The maximum Gasteiger partial charge on any atom is 0.333 e. The molecule has 3 aromatic rings. The molecule has 1 unspecified atom stereocenters. The molecule has 1 aliphatic carbocycles. The normalized spacial score (nSPS) is 24.3. The van der Waals surface area contributed by atoms with Crippen LogP contribution in [-0.2, 0) is 23.1 Å². The summed E-state index contributed by atoms with van der Waals surface area (Å²) in [5.74, 6) is 0.785. The summed E-state index contributed by atoms with van der Waals surface area (Å²) >= 11 is 0. The molecule has 0 aromatic heterocycles. The maximum atomic E-state index is 14.1.